The summed E-state index contributed by atoms with van der Waals surface area (Å²) in [7, 11) is 0. The maximum Gasteiger partial charge on any atom is 0.248 e. The van der Waals surface area contributed by atoms with E-state index < -0.39 is 6.04 Å². The van der Waals surface area contributed by atoms with Gasteiger partial charge in [-0.05, 0) is 82.9 Å². The Balaban J connectivity index is 1.14. The largest absolute Gasteiger partial charge is 0.378 e. The van der Waals surface area contributed by atoms with E-state index in [1.807, 2.05) is 32.0 Å². The van der Waals surface area contributed by atoms with Crippen LogP contribution in [0.1, 0.15) is 40.8 Å². The van der Waals surface area contributed by atoms with Gasteiger partial charge in [0.25, 0.3) is 0 Å². The number of ether oxygens (including phenoxy) is 2. The number of likely N-dealkylation sites (tertiary alicyclic amines) is 1. The number of carbonyl (C=O) groups is 4. The van der Waals surface area contributed by atoms with Gasteiger partial charge in [-0.2, -0.15) is 5.10 Å². The van der Waals surface area contributed by atoms with E-state index >= 15 is 0 Å². The number of rotatable bonds is 15. The molecule has 0 bridgehead atoms. The number of pyridine rings is 1. The number of aromatic nitrogens is 5. The normalized spacial score (nSPS) is 17.7. The van der Waals surface area contributed by atoms with Crippen LogP contribution >= 0.6 is 15.9 Å². The van der Waals surface area contributed by atoms with E-state index in [1.165, 1.54) is 6.92 Å². The zero-order valence-electron chi connectivity index (χ0n) is 28.6. The summed E-state index contributed by atoms with van der Waals surface area (Å²) in [5.74, 6) is 0.201. The Labute approximate surface area is 302 Å². The van der Waals surface area contributed by atoms with Crippen LogP contribution in [0.5, 0.6) is 0 Å². The first-order chi connectivity index (χ1) is 24.5. The van der Waals surface area contributed by atoms with Gasteiger partial charge in [-0.1, -0.05) is 6.07 Å². The van der Waals surface area contributed by atoms with Crippen LogP contribution in [0.25, 0.3) is 22.0 Å². The van der Waals surface area contributed by atoms with Gasteiger partial charge >= 0.3 is 0 Å². The number of nitrogens with zero attached hydrogens (tertiary/aromatic N) is 6. The Morgan fingerprint density at radius 2 is 1.78 bits per heavy atom. The van der Waals surface area contributed by atoms with E-state index in [0.717, 1.165) is 23.1 Å². The first-order valence-electron chi connectivity index (χ1n) is 16.7. The van der Waals surface area contributed by atoms with Crippen LogP contribution in [-0.2, 0) is 36.9 Å². The number of hydrogen-bond donors (Lipinski definition) is 3. The number of hydrogen-bond acceptors (Lipinski definition) is 11. The SMILES string of the molecule is CC(=O)c1nn(CC(=O)N2C[C@H]3C[C@H]3[C@H]2C(=O)Nc2nc(Br)ccc2C)c2c(C)cc(-c3cnc(CNC(=O)COCCOCCN)nc3)cc12. The van der Waals surface area contributed by atoms with Gasteiger partial charge in [-0.25, -0.2) is 15.0 Å². The number of ketones is 1. The van der Waals surface area contributed by atoms with Crippen molar-refractivity contribution in [1.82, 2.24) is 34.9 Å². The molecule has 4 N–H and O–H groups in total. The Kier molecular flexibility index (Phi) is 11.1. The van der Waals surface area contributed by atoms with Gasteiger partial charge in [-0.15, -0.1) is 0 Å². The highest BCUT2D eigenvalue weighted by Gasteiger charge is 2.56. The van der Waals surface area contributed by atoms with Crippen LogP contribution < -0.4 is 16.4 Å². The highest BCUT2D eigenvalue weighted by molar-refractivity contribution is 9.10. The van der Waals surface area contributed by atoms with Gasteiger partial charge in [0.1, 0.15) is 41.1 Å². The minimum atomic E-state index is -0.610. The number of nitrogens with two attached hydrogens (primary N) is 1. The number of Topliss-reactive ketones (excluding diaryl/α,β-unsaturated/α-hetero) is 1. The molecule has 2 aliphatic rings. The molecule has 0 radical (unpaired) electrons. The summed E-state index contributed by atoms with van der Waals surface area (Å²) < 4.78 is 12.7. The summed E-state index contributed by atoms with van der Waals surface area (Å²) in [5.41, 5.74) is 9.35. The van der Waals surface area contributed by atoms with Crippen molar-refractivity contribution < 1.29 is 28.7 Å². The average molecular weight is 763 g/mol. The summed E-state index contributed by atoms with van der Waals surface area (Å²) in [6.07, 6.45) is 4.20. The minimum absolute atomic E-state index is 0.101. The number of aryl methyl sites for hydroxylation is 2. The summed E-state index contributed by atoms with van der Waals surface area (Å²) >= 11 is 3.35. The molecule has 0 spiro atoms. The van der Waals surface area contributed by atoms with Crippen LogP contribution in [0.4, 0.5) is 5.82 Å². The van der Waals surface area contributed by atoms with Crippen molar-refractivity contribution in [2.45, 2.75) is 46.3 Å². The number of benzene rings is 1. The lowest BCUT2D eigenvalue weighted by molar-refractivity contribution is -0.138. The fraction of sp³-hybridized carbons (Fsp3) is 0.429. The lowest BCUT2D eigenvalue weighted by Gasteiger charge is -2.27. The first-order valence-corrected chi connectivity index (χ1v) is 17.5. The topological polar surface area (TPSA) is 197 Å². The number of halogens is 1. The van der Waals surface area contributed by atoms with Crippen molar-refractivity contribution >= 4 is 56.2 Å². The van der Waals surface area contributed by atoms with Gasteiger partial charge in [0, 0.05) is 43.4 Å². The summed E-state index contributed by atoms with van der Waals surface area (Å²) in [6.45, 7) is 7.09. The van der Waals surface area contributed by atoms with Crippen LogP contribution in [0.3, 0.4) is 0 Å². The molecule has 3 atom stereocenters. The van der Waals surface area contributed by atoms with Crippen molar-refractivity contribution in [2.75, 3.05) is 44.8 Å². The van der Waals surface area contributed by atoms with Crippen molar-refractivity contribution in [2.24, 2.45) is 17.6 Å². The van der Waals surface area contributed by atoms with Crippen molar-refractivity contribution in [3.8, 4) is 11.1 Å². The molecule has 15 nitrogen and oxygen atoms in total. The Morgan fingerprint density at radius 3 is 2.53 bits per heavy atom. The lowest BCUT2D eigenvalue weighted by atomic mass is 10.0. The maximum atomic E-state index is 13.8. The molecule has 3 amide bonds. The second kappa shape index (κ2) is 15.7. The summed E-state index contributed by atoms with van der Waals surface area (Å²) in [6, 6.07) is 6.83. The molecule has 6 rings (SSSR count). The Bertz CT molecular complexity index is 1970. The van der Waals surface area contributed by atoms with Crippen molar-refractivity contribution in [1.29, 1.82) is 0 Å². The Morgan fingerprint density at radius 1 is 1.02 bits per heavy atom. The monoisotopic (exact) mass is 761 g/mol. The predicted molar refractivity (Wildman–Crippen MR) is 190 cm³/mol. The summed E-state index contributed by atoms with van der Waals surface area (Å²) in [4.78, 5) is 67.1. The maximum absolute atomic E-state index is 13.8. The van der Waals surface area contributed by atoms with Crippen LogP contribution in [-0.4, -0.2) is 98.7 Å². The molecule has 1 aromatic carbocycles. The molecule has 51 heavy (non-hydrogen) atoms. The zero-order chi connectivity index (χ0) is 36.2. The van der Waals surface area contributed by atoms with Crippen LogP contribution in [0.15, 0.2) is 41.3 Å². The lowest BCUT2D eigenvalue weighted by Crippen LogP contribution is -2.47. The predicted octanol–water partition coefficient (Wildman–Crippen LogP) is 2.56. The molecule has 0 unspecified atom stereocenters. The third kappa shape index (κ3) is 8.30. The van der Waals surface area contributed by atoms with E-state index in [0.29, 0.717) is 59.0 Å². The molecule has 268 valence electrons. The highest BCUT2D eigenvalue weighted by Crippen LogP contribution is 2.50. The third-order valence-corrected chi connectivity index (χ3v) is 9.49. The van der Waals surface area contributed by atoms with Crippen LogP contribution in [0, 0.1) is 25.7 Å². The van der Waals surface area contributed by atoms with Crippen molar-refractivity contribution in [3.05, 3.63) is 63.9 Å². The molecule has 1 saturated carbocycles. The zero-order valence-corrected chi connectivity index (χ0v) is 30.2. The van der Waals surface area contributed by atoms with Gasteiger partial charge < -0.3 is 30.7 Å². The second-order valence-electron chi connectivity index (χ2n) is 12.8. The average Bonchev–Trinajstić information content (AvgIpc) is 3.60. The third-order valence-electron chi connectivity index (χ3n) is 9.05. The number of carbonyl (C=O) groups excluding carboxylic acids is 4. The minimum Gasteiger partial charge on any atom is -0.378 e. The molecule has 4 aromatic rings. The molecular formula is C35H40BrN9O6. The molecule has 3 aromatic heterocycles. The Hall–Kier alpha value is -4.64. The van der Waals surface area contributed by atoms with Crippen LogP contribution in [0.2, 0.25) is 0 Å². The van der Waals surface area contributed by atoms with E-state index in [9.17, 15) is 19.2 Å². The van der Waals surface area contributed by atoms with E-state index in [4.69, 9.17) is 15.2 Å². The summed E-state index contributed by atoms with van der Waals surface area (Å²) in [5, 5.41) is 10.8. The standard InChI is InChI=1S/C35H40BrN9O6/c1-19-4-5-27(36)41-34(19)42-35(49)33-25-12-23(25)16-44(33)30(48)17-45-32-20(2)10-22(11-26(32)31(43-45)21(3)46)24-13-38-28(39-14-24)15-40-29(47)18-51-9-8-50-7-6-37/h4-5,10-11,13-14,23,25,33H,6-9,12,15-18,37H2,1-3H3,(H,40,47)(H,41,42,49)/t23-,25-,33+/m1/s1. The van der Waals surface area contributed by atoms with E-state index in [2.05, 4.69) is 46.6 Å². The molecule has 4 heterocycles. The number of piperidine rings is 1. The number of amides is 3. The second-order valence-corrected chi connectivity index (χ2v) is 13.6. The number of fused-ring (bicyclic) bond motifs is 2. The quantitative estimate of drug-likeness (QED) is 0.0915. The fourth-order valence-corrected chi connectivity index (χ4v) is 6.77. The van der Waals surface area contributed by atoms with E-state index in [-0.39, 0.29) is 67.3 Å². The van der Waals surface area contributed by atoms with Crippen molar-refractivity contribution in [3.63, 3.8) is 0 Å². The molecular weight excluding hydrogens is 722 g/mol. The first kappa shape index (κ1) is 36.2. The fourth-order valence-electron chi connectivity index (χ4n) is 6.46. The number of nitrogens with one attached hydrogen (secondary N) is 2. The molecule has 1 aliphatic carbocycles. The van der Waals surface area contributed by atoms with Gasteiger partial charge in [0.05, 0.1) is 31.9 Å². The molecule has 1 saturated heterocycles. The van der Waals surface area contributed by atoms with Gasteiger partial charge in [0.15, 0.2) is 5.78 Å². The highest BCUT2D eigenvalue weighted by atomic mass is 79.9. The number of anilines is 1. The van der Waals surface area contributed by atoms with Gasteiger partial charge in [0.2, 0.25) is 17.7 Å². The smallest absolute Gasteiger partial charge is 0.248 e. The molecule has 1 aliphatic heterocycles. The van der Waals surface area contributed by atoms with E-state index in [1.54, 1.807) is 28.0 Å². The molecule has 2 fully saturated rings. The molecule has 16 heteroatoms. The van der Waals surface area contributed by atoms with Gasteiger partial charge in [-0.3, -0.25) is 23.9 Å².